The van der Waals surface area contributed by atoms with Gasteiger partial charge in [-0.05, 0) is 36.8 Å². The van der Waals surface area contributed by atoms with Gasteiger partial charge in [0, 0.05) is 33.7 Å². The number of ether oxygens (including phenoxy) is 1. The highest BCUT2D eigenvalue weighted by molar-refractivity contribution is 9.10. The van der Waals surface area contributed by atoms with Gasteiger partial charge in [0.2, 0.25) is 5.91 Å². The third-order valence-corrected chi connectivity index (χ3v) is 5.76. The second-order valence-electron chi connectivity index (χ2n) is 6.12. The number of hydrogen-bond donors (Lipinski definition) is 1. The highest BCUT2D eigenvalue weighted by Crippen LogP contribution is 2.29. The Kier molecular flexibility index (Phi) is 9.08. The molecule has 0 aliphatic heterocycles. The van der Waals surface area contributed by atoms with Gasteiger partial charge in [0.05, 0.1) is 5.02 Å². The van der Waals surface area contributed by atoms with Crippen molar-refractivity contribution in [2.45, 2.75) is 25.9 Å². The average Bonchev–Trinajstić information content (AvgIpc) is 2.68. The molecule has 0 bridgehead atoms. The lowest BCUT2D eigenvalue weighted by atomic mass is 10.1. The zero-order valence-corrected chi connectivity index (χ0v) is 19.7. The fourth-order valence-corrected chi connectivity index (χ4v) is 4.00. The van der Waals surface area contributed by atoms with Crippen LogP contribution in [0.4, 0.5) is 0 Å². The Morgan fingerprint density at radius 1 is 1.14 bits per heavy atom. The van der Waals surface area contributed by atoms with E-state index < -0.39 is 11.9 Å². The van der Waals surface area contributed by atoms with Gasteiger partial charge in [-0.2, -0.15) is 0 Å². The largest absolute Gasteiger partial charge is 0.482 e. The third kappa shape index (κ3) is 6.25. The molecule has 0 spiro atoms. The number of carbonyl (C=O) groups is 2. The minimum Gasteiger partial charge on any atom is -0.482 e. The van der Waals surface area contributed by atoms with Crippen LogP contribution < -0.4 is 10.1 Å². The summed E-state index contributed by atoms with van der Waals surface area (Å²) >= 11 is 22.0. The predicted molar refractivity (Wildman–Crippen MR) is 120 cm³/mol. The van der Waals surface area contributed by atoms with E-state index in [0.717, 1.165) is 4.47 Å². The molecule has 2 aromatic rings. The Morgan fingerprint density at radius 2 is 1.79 bits per heavy atom. The topological polar surface area (TPSA) is 58.6 Å². The number of halogens is 4. The maximum Gasteiger partial charge on any atom is 0.261 e. The Labute approximate surface area is 193 Å². The molecule has 1 N–H and O–H groups in total. The van der Waals surface area contributed by atoms with Crippen molar-refractivity contribution < 1.29 is 14.3 Å². The van der Waals surface area contributed by atoms with Gasteiger partial charge < -0.3 is 15.0 Å². The second kappa shape index (κ2) is 11.1. The molecule has 29 heavy (non-hydrogen) atoms. The summed E-state index contributed by atoms with van der Waals surface area (Å²) in [6, 6.07) is 9.47. The molecule has 0 fully saturated rings. The van der Waals surface area contributed by atoms with E-state index in [9.17, 15) is 9.59 Å². The molecule has 1 atom stereocenters. The van der Waals surface area contributed by atoms with Gasteiger partial charge in [-0.15, -0.1) is 0 Å². The van der Waals surface area contributed by atoms with Gasteiger partial charge in [0.1, 0.15) is 11.8 Å². The molecule has 2 aromatic carbocycles. The summed E-state index contributed by atoms with van der Waals surface area (Å²) in [4.78, 5) is 26.8. The SMILES string of the molecule is CCC(C(=O)NC)N(Cc1c(Cl)cccc1Cl)C(=O)COc1ccc(Br)cc1Cl. The molecule has 0 radical (unpaired) electrons. The molecule has 156 valence electrons. The number of likely N-dealkylation sites (N-methyl/N-ethyl adjacent to an activating group) is 1. The lowest BCUT2D eigenvalue weighted by Gasteiger charge is -2.30. The molecule has 2 amide bonds. The van der Waals surface area contributed by atoms with E-state index in [1.807, 2.05) is 6.92 Å². The zero-order valence-electron chi connectivity index (χ0n) is 15.8. The molecule has 9 heteroatoms. The highest BCUT2D eigenvalue weighted by atomic mass is 79.9. The lowest BCUT2D eigenvalue weighted by molar-refractivity contribution is -0.142. The first-order valence-electron chi connectivity index (χ1n) is 8.80. The fraction of sp³-hybridized carbons (Fsp3) is 0.300. The maximum atomic E-state index is 13.0. The van der Waals surface area contributed by atoms with Crippen molar-refractivity contribution in [3.63, 3.8) is 0 Å². The zero-order chi connectivity index (χ0) is 21.6. The molecule has 0 saturated heterocycles. The van der Waals surface area contributed by atoms with Crippen LogP contribution in [-0.4, -0.2) is 36.4 Å². The van der Waals surface area contributed by atoms with E-state index in [1.165, 1.54) is 11.9 Å². The minimum absolute atomic E-state index is 0.0701. The van der Waals surface area contributed by atoms with Crippen molar-refractivity contribution in [1.82, 2.24) is 10.2 Å². The van der Waals surface area contributed by atoms with Gasteiger partial charge in [0.15, 0.2) is 6.61 Å². The first kappa shape index (κ1) is 23.8. The third-order valence-electron chi connectivity index (χ3n) is 4.27. The van der Waals surface area contributed by atoms with Crippen LogP contribution in [0.1, 0.15) is 18.9 Å². The summed E-state index contributed by atoms with van der Waals surface area (Å²) < 4.78 is 6.39. The fourth-order valence-electron chi connectivity index (χ4n) is 2.75. The van der Waals surface area contributed by atoms with Crippen LogP contribution in [0.15, 0.2) is 40.9 Å². The highest BCUT2D eigenvalue weighted by Gasteiger charge is 2.29. The lowest BCUT2D eigenvalue weighted by Crippen LogP contribution is -2.49. The average molecular weight is 523 g/mol. The molecule has 0 saturated carbocycles. The normalized spacial score (nSPS) is 11.7. The molecular weight excluding hydrogens is 502 g/mol. The summed E-state index contributed by atoms with van der Waals surface area (Å²) in [5.74, 6) is -0.312. The van der Waals surface area contributed by atoms with Crippen molar-refractivity contribution in [3.8, 4) is 5.75 Å². The summed E-state index contributed by atoms with van der Waals surface area (Å²) in [5, 5.41) is 3.79. The van der Waals surface area contributed by atoms with E-state index in [1.54, 1.807) is 36.4 Å². The number of hydrogen-bond acceptors (Lipinski definition) is 3. The Balaban J connectivity index is 2.28. The van der Waals surface area contributed by atoms with Crippen LogP contribution in [0.25, 0.3) is 0 Å². The van der Waals surface area contributed by atoms with Gasteiger partial charge in [-0.3, -0.25) is 9.59 Å². The van der Waals surface area contributed by atoms with Crippen LogP contribution in [0, 0.1) is 0 Å². The van der Waals surface area contributed by atoms with Crippen molar-refractivity contribution in [1.29, 1.82) is 0 Å². The van der Waals surface area contributed by atoms with Crippen LogP contribution >= 0.6 is 50.7 Å². The Hall–Kier alpha value is -1.47. The van der Waals surface area contributed by atoms with Gasteiger partial charge in [-0.25, -0.2) is 0 Å². The van der Waals surface area contributed by atoms with Crippen molar-refractivity contribution >= 4 is 62.5 Å². The molecule has 0 aliphatic carbocycles. The molecule has 1 unspecified atom stereocenters. The summed E-state index contributed by atoms with van der Waals surface area (Å²) in [5.41, 5.74) is 0.563. The van der Waals surface area contributed by atoms with E-state index >= 15 is 0 Å². The van der Waals surface area contributed by atoms with Crippen molar-refractivity contribution in [2.24, 2.45) is 0 Å². The first-order valence-corrected chi connectivity index (χ1v) is 10.7. The number of nitrogens with one attached hydrogen (secondary N) is 1. The van der Waals surface area contributed by atoms with Crippen LogP contribution in [0.3, 0.4) is 0 Å². The smallest absolute Gasteiger partial charge is 0.261 e. The predicted octanol–water partition coefficient (Wildman–Crippen LogP) is 5.34. The van der Waals surface area contributed by atoms with Gasteiger partial charge in [-0.1, -0.05) is 63.7 Å². The van der Waals surface area contributed by atoms with E-state index in [4.69, 9.17) is 39.5 Å². The number of carbonyl (C=O) groups excluding carboxylic acids is 2. The number of nitrogens with zero attached hydrogens (tertiary/aromatic N) is 1. The molecular formula is C20H20BrCl3N2O3. The number of rotatable bonds is 8. The summed E-state index contributed by atoms with van der Waals surface area (Å²) in [6.07, 6.45) is 0.409. The molecule has 0 heterocycles. The van der Waals surface area contributed by atoms with Crippen LogP contribution in [0.2, 0.25) is 15.1 Å². The quantitative estimate of drug-likeness (QED) is 0.509. The Bertz CT molecular complexity index is 875. The molecule has 0 aliphatic rings. The minimum atomic E-state index is -0.705. The first-order chi connectivity index (χ1) is 13.8. The van der Waals surface area contributed by atoms with E-state index in [0.29, 0.717) is 32.8 Å². The van der Waals surface area contributed by atoms with Crippen LogP contribution in [-0.2, 0) is 16.1 Å². The second-order valence-corrected chi connectivity index (χ2v) is 8.26. The standard InChI is InChI=1S/C20H20BrCl3N2O3/c1-3-17(20(28)25-2)26(10-13-14(22)5-4-6-15(13)23)19(27)11-29-18-8-7-12(21)9-16(18)24/h4-9,17H,3,10-11H2,1-2H3,(H,25,28). The monoisotopic (exact) mass is 520 g/mol. The van der Waals surface area contributed by atoms with E-state index in [-0.39, 0.29) is 19.1 Å². The Morgan fingerprint density at radius 3 is 2.34 bits per heavy atom. The number of benzene rings is 2. The van der Waals surface area contributed by atoms with Gasteiger partial charge in [0.25, 0.3) is 5.91 Å². The van der Waals surface area contributed by atoms with Crippen molar-refractivity contribution in [3.05, 3.63) is 61.5 Å². The van der Waals surface area contributed by atoms with Crippen molar-refractivity contribution in [2.75, 3.05) is 13.7 Å². The molecule has 2 rings (SSSR count). The maximum absolute atomic E-state index is 13.0. The number of amides is 2. The molecule has 0 aromatic heterocycles. The summed E-state index contributed by atoms with van der Waals surface area (Å²) in [7, 11) is 1.52. The van der Waals surface area contributed by atoms with E-state index in [2.05, 4.69) is 21.2 Å². The molecule has 5 nitrogen and oxygen atoms in total. The summed E-state index contributed by atoms with van der Waals surface area (Å²) in [6.45, 7) is 1.60. The van der Waals surface area contributed by atoms with Gasteiger partial charge >= 0.3 is 0 Å². The van der Waals surface area contributed by atoms with Crippen LogP contribution in [0.5, 0.6) is 5.75 Å².